The van der Waals surface area contributed by atoms with Crippen molar-refractivity contribution in [3.8, 4) is 17.2 Å². The molecular formula is C25H21O4-. The number of allylic oxidation sites excluding steroid dienone is 1. The molecule has 0 fully saturated rings. The summed E-state index contributed by atoms with van der Waals surface area (Å²) in [4.78, 5) is 11.0. The largest absolute Gasteiger partial charge is 0.550 e. The predicted molar refractivity (Wildman–Crippen MR) is 110 cm³/mol. The number of hydrogen-bond donors (Lipinski definition) is 0. The van der Waals surface area contributed by atoms with E-state index >= 15 is 0 Å². The second-order valence-electron chi connectivity index (χ2n) is 6.99. The van der Waals surface area contributed by atoms with Gasteiger partial charge in [-0.1, -0.05) is 42.5 Å². The third kappa shape index (κ3) is 4.85. The van der Waals surface area contributed by atoms with Gasteiger partial charge in [0.15, 0.2) is 0 Å². The molecule has 0 N–H and O–H groups in total. The van der Waals surface area contributed by atoms with Gasteiger partial charge in [-0.25, -0.2) is 0 Å². The van der Waals surface area contributed by atoms with Gasteiger partial charge < -0.3 is 19.4 Å². The number of fused-ring (bicyclic) bond motifs is 1. The van der Waals surface area contributed by atoms with Crippen molar-refractivity contribution in [2.24, 2.45) is 0 Å². The van der Waals surface area contributed by atoms with E-state index in [0.717, 1.165) is 52.4 Å². The molecule has 0 aliphatic heterocycles. The Bertz CT molecular complexity index is 1040. The Morgan fingerprint density at radius 2 is 1.72 bits per heavy atom. The number of carbonyl (C=O) groups excluding carboxylic acids is 1. The number of ether oxygens (including phenoxy) is 2. The molecule has 0 radical (unpaired) electrons. The molecule has 29 heavy (non-hydrogen) atoms. The lowest BCUT2D eigenvalue weighted by atomic mass is 9.89. The zero-order chi connectivity index (χ0) is 20.1. The summed E-state index contributed by atoms with van der Waals surface area (Å²) in [6.07, 6.45) is 3.64. The normalized spacial score (nSPS) is 12.6. The molecule has 0 heterocycles. The van der Waals surface area contributed by atoms with Crippen LogP contribution in [0.15, 0.2) is 78.9 Å². The molecule has 0 aromatic heterocycles. The molecule has 0 saturated carbocycles. The Kier molecular flexibility index (Phi) is 5.61. The van der Waals surface area contributed by atoms with Crippen molar-refractivity contribution in [3.05, 3.63) is 95.6 Å². The highest BCUT2D eigenvalue weighted by Crippen LogP contribution is 2.31. The minimum Gasteiger partial charge on any atom is -0.550 e. The summed E-state index contributed by atoms with van der Waals surface area (Å²) in [5.74, 6) is 1.27. The van der Waals surface area contributed by atoms with Gasteiger partial charge in [-0.15, -0.1) is 0 Å². The van der Waals surface area contributed by atoms with E-state index in [2.05, 4.69) is 0 Å². The average molecular weight is 385 g/mol. The molecule has 0 unspecified atom stereocenters. The Morgan fingerprint density at radius 3 is 2.55 bits per heavy atom. The minimum atomic E-state index is -1.05. The maximum absolute atomic E-state index is 11.0. The molecule has 146 valence electrons. The van der Waals surface area contributed by atoms with Crippen molar-refractivity contribution in [3.63, 3.8) is 0 Å². The average Bonchev–Trinajstić information content (AvgIpc) is 2.73. The number of aliphatic carboxylic acids is 1. The quantitative estimate of drug-likeness (QED) is 0.600. The van der Waals surface area contributed by atoms with Gasteiger partial charge in [0.1, 0.15) is 23.9 Å². The van der Waals surface area contributed by atoms with E-state index in [0.29, 0.717) is 6.61 Å². The van der Waals surface area contributed by atoms with Crippen LogP contribution < -0.4 is 14.6 Å². The zero-order valence-corrected chi connectivity index (χ0v) is 16.0. The van der Waals surface area contributed by atoms with Crippen LogP contribution in [0.4, 0.5) is 0 Å². The number of benzene rings is 3. The maximum Gasteiger partial charge on any atom is 0.127 e. The molecule has 0 bridgehead atoms. The number of rotatable bonds is 7. The Hall–Kier alpha value is -3.53. The summed E-state index contributed by atoms with van der Waals surface area (Å²) in [7, 11) is 0. The first-order valence-electron chi connectivity index (χ1n) is 9.64. The van der Waals surface area contributed by atoms with Crippen LogP contribution >= 0.6 is 0 Å². The predicted octanol–water partition coefficient (Wildman–Crippen LogP) is 4.53. The van der Waals surface area contributed by atoms with Gasteiger partial charge in [0, 0.05) is 12.4 Å². The fourth-order valence-corrected chi connectivity index (χ4v) is 3.50. The van der Waals surface area contributed by atoms with Crippen molar-refractivity contribution in [1.29, 1.82) is 0 Å². The summed E-state index contributed by atoms with van der Waals surface area (Å²) in [6.45, 7) is 0.423. The number of hydrogen-bond acceptors (Lipinski definition) is 4. The molecule has 3 aromatic carbocycles. The molecule has 4 nitrogen and oxygen atoms in total. The van der Waals surface area contributed by atoms with Gasteiger partial charge >= 0.3 is 0 Å². The summed E-state index contributed by atoms with van der Waals surface area (Å²) in [5, 5.41) is 11.0. The lowest BCUT2D eigenvalue weighted by molar-refractivity contribution is -0.304. The van der Waals surface area contributed by atoms with Crippen molar-refractivity contribution >= 4 is 11.5 Å². The van der Waals surface area contributed by atoms with E-state index in [9.17, 15) is 9.90 Å². The minimum absolute atomic E-state index is 0.0542. The SMILES string of the molecule is O=C([O-])CC1=CCCc2cc(OCc3cccc(Oc4ccccc4)c3)ccc21. The van der Waals surface area contributed by atoms with Crippen LogP contribution in [0.1, 0.15) is 29.5 Å². The number of aryl methyl sites for hydroxylation is 1. The van der Waals surface area contributed by atoms with Gasteiger partial charge in [0.25, 0.3) is 0 Å². The summed E-state index contributed by atoms with van der Waals surface area (Å²) < 4.78 is 11.9. The van der Waals surface area contributed by atoms with Crippen LogP contribution in [0.5, 0.6) is 17.2 Å². The molecule has 3 aromatic rings. The van der Waals surface area contributed by atoms with Crippen LogP contribution in [0.2, 0.25) is 0 Å². The first-order valence-corrected chi connectivity index (χ1v) is 9.64. The van der Waals surface area contributed by atoms with Gasteiger partial charge in [-0.05, 0) is 71.5 Å². The molecular weight excluding hydrogens is 364 g/mol. The number of carboxylic acid groups (broad SMARTS) is 1. The third-order valence-corrected chi connectivity index (χ3v) is 4.84. The Labute approximate surface area is 170 Å². The monoisotopic (exact) mass is 385 g/mol. The fraction of sp³-hybridized carbons (Fsp3) is 0.160. The highest BCUT2D eigenvalue weighted by molar-refractivity contribution is 5.84. The number of para-hydroxylation sites is 1. The van der Waals surface area contributed by atoms with E-state index in [4.69, 9.17) is 9.47 Å². The zero-order valence-electron chi connectivity index (χ0n) is 16.0. The van der Waals surface area contributed by atoms with Gasteiger partial charge in [0.05, 0.1) is 0 Å². The summed E-state index contributed by atoms with van der Waals surface area (Å²) in [6, 6.07) is 23.3. The van der Waals surface area contributed by atoms with Gasteiger partial charge in [-0.2, -0.15) is 0 Å². The highest BCUT2D eigenvalue weighted by Gasteiger charge is 2.13. The van der Waals surface area contributed by atoms with Gasteiger partial charge in [0.2, 0.25) is 0 Å². The van der Waals surface area contributed by atoms with E-state index in [1.54, 1.807) is 0 Å². The van der Waals surface area contributed by atoms with Crippen LogP contribution in [0.25, 0.3) is 5.57 Å². The standard InChI is InChI=1S/C25H22O4/c26-25(27)16-20-8-5-7-19-15-22(12-13-24(19)20)28-17-18-6-4-11-23(14-18)29-21-9-2-1-3-10-21/h1-4,6,8-15H,5,7,16-17H2,(H,26,27)/p-1. The van der Waals surface area contributed by atoms with E-state index in [-0.39, 0.29) is 6.42 Å². The Morgan fingerprint density at radius 1 is 0.897 bits per heavy atom. The highest BCUT2D eigenvalue weighted by atomic mass is 16.5. The van der Waals surface area contributed by atoms with E-state index < -0.39 is 5.97 Å². The van der Waals surface area contributed by atoms with Crippen molar-refractivity contribution in [2.45, 2.75) is 25.9 Å². The fourth-order valence-electron chi connectivity index (χ4n) is 3.50. The van der Waals surface area contributed by atoms with E-state index in [1.807, 2.05) is 78.9 Å². The first-order chi connectivity index (χ1) is 14.2. The van der Waals surface area contributed by atoms with Crippen molar-refractivity contribution in [2.75, 3.05) is 0 Å². The second kappa shape index (κ2) is 8.65. The first kappa shape index (κ1) is 18.8. The van der Waals surface area contributed by atoms with Crippen molar-refractivity contribution < 1.29 is 19.4 Å². The van der Waals surface area contributed by atoms with Crippen LogP contribution in [0.3, 0.4) is 0 Å². The number of carboxylic acids is 1. The topological polar surface area (TPSA) is 58.6 Å². The van der Waals surface area contributed by atoms with Crippen LogP contribution in [0, 0.1) is 0 Å². The third-order valence-electron chi connectivity index (χ3n) is 4.84. The van der Waals surface area contributed by atoms with Crippen LogP contribution in [-0.2, 0) is 17.8 Å². The molecule has 0 atom stereocenters. The van der Waals surface area contributed by atoms with E-state index in [1.165, 1.54) is 0 Å². The Balaban J connectivity index is 1.43. The van der Waals surface area contributed by atoms with Gasteiger partial charge in [-0.3, -0.25) is 0 Å². The summed E-state index contributed by atoms with van der Waals surface area (Å²) >= 11 is 0. The molecule has 4 heteroatoms. The lowest BCUT2D eigenvalue weighted by Crippen LogP contribution is -2.22. The molecule has 4 rings (SSSR count). The summed E-state index contributed by atoms with van der Waals surface area (Å²) in [5.41, 5.74) is 3.92. The molecule has 1 aliphatic carbocycles. The number of carbonyl (C=O) groups is 1. The van der Waals surface area contributed by atoms with Crippen molar-refractivity contribution in [1.82, 2.24) is 0 Å². The molecule has 0 spiro atoms. The lowest BCUT2D eigenvalue weighted by Gasteiger charge is -2.19. The second-order valence-corrected chi connectivity index (χ2v) is 6.99. The molecule has 0 amide bonds. The molecule has 1 aliphatic rings. The maximum atomic E-state index is 11.0. The van der Waals surface area contributed by atoms with Crippen LogP contribution in [-0.4, -0.2) is 5.97 Å². The smallest absolute Gasteiger partial charge is 0.127 e. The molecule has 0 saturated heterocycles.